The summed E-state index contributed by atoms with van der Waals surface area (Å²) in [5.74, 6) is 0.911. The van der Waals surface area contributed by atoms with Gasteiger partial charge < -0.3 is 15.1 Å². The van der Waals surface area contributed by atoms with E-state index in [0.29, 0.717) is 6.54 Å². The number of nitrogens with two attached hydrogens (primary N) is 1. The van der Waals surface area contributed by atoms with Crippen molar-refractivity contribution >= 4 is 5.91 Å². The number of carbonyl (C=O) groups is 1. The fraction of sp³-hybridized carbons (Fsp3) is 0.312. The number of amides is 1. The minimum Gasteiger partial charge on any atom is -0.463 e. The Morgan fingerprint density at radius 1 is 1.20 bits per heavy atom. The van der Waals surface area contributed by atoms with Crippen LogP contribution in [0.2, 0.25) is 0 Å². The Hall–Kier alpha value is -2.07. The third-order valence-corrected chi connectivity index (χ3v) is 3.33. The summed E-state index contributed by atoms with van der Waals surface area (Å²) >= 11 is 0. The number of furan rings is 1. The summed E-state index contributed by atoms with van der Waals surface area (Å²) < 4.78 is 5.32. The number of benzene rings is 1. The molecule has 4 heteroatoms. The molecule has 0 radical (unpaired) electrons. The van der Waals surface area contributed by atoms with Crippen molar-refractivity contribution in [2.75, 3.05) is 6.54 Å². The molecule has 2 aromatic rings. The standard InChI is InChI=1S/C16H20N2O2/c1-12(14-7-4-3-5-8-14)18-16(19)11-17-13(2)15-9-6-10-20-15/h3-10,12-13,17H,11H2,1-2H3,(H,18,19)/p+1/t12-,13-/m0/s1. The third kappa shape index (κ3) is 3.96. The van der Waals surface area contributed by atoms with Crippen LogP contribution >= 0.6 is 0 Å². The van der Waals surface area contributed by atoms with Gasteiger partial charge in [0.15, 0.2) is 12.3 Å². The largest absolute Gasteiger partial charge is 0.463 e. The van der Waals surface area contributed by atoms with E-state index in [1.54, 1.807) is 6.26 Å². The molecular formula is C16H21N2O2+. The Bertz CT molecular complexity index is 523. The predicted octanol–water partition coefficient (Wildman–Crippen LogP) is 1.78. The summed E-state index contributed by atoms with van der Waals surface area (Å²) in [4.78, 5) is 11.9. The predicted molar refractivity (Wildman–Crippen MR) is 76.9 cm³/mol. The molecule has 0 aliphatic heterocycles. The molecule has 2 atom stereocenters. The van der Waals surface area contributed by atoms with E-state index < -0.39 is 0 Å². The van der Waals surface area contributed by atoms with Crippen molar-refractivity contribution in [2.45, 2.75) is 25.9 Å². The van der Waals surface area contributed by atoms with Crippen molar-refractivity contribution in [1.29, 1.82) is 0 Å². The van der Waals surface area contributed by atoms with E-state index in [1.807, 2.05) is 61.6 Å². The van der Waals surface area contributed by atoms with Gasteiger partial charge in [-0.1, -0.05) is 30.3 Å². The van der Waals surface area contributed by atoms with Gasteiger partial charge in [0.1, 0.15) is 6.04 Å². The van der Waals surface area contributed by atoms with Crippen LogP contribution in [0.1, 0.15) is 37.3 Å². The summed E-state index contributed by atoms with van der Waals surface area (Å²) in [6.45, 7) is 4.40. The van der Waals surface area contributed by atoms with Crippen LogP contribution in [0.15, 0.2) is 53.1 Å². The Morgan fingerprint density at radius 2 is 1.95 bits per heavy atom. The van der Waals surface area contributed by atoms with Gasteiger partial charge >= 0.3 is 0 Å². The van der Waals surface area contributed by atoms with Gasteiger partial charge in [0.05, 0.1) is 12.3 Å². The quantitative estimate of drug-likeness (QED) is 0.843. The Labute approximate surface area is 119 Å². The summed E-state index contributed by atoms with van der Waals surface area (Å²) in [5, 5.41) is 4.96. The molecule has 0 aliphatic carbocycles. The smallest absolute Gasteiger partial charge is 0.275 e. The van der Waals surface area contributed by atoms with Crippen molar-refractivity contribution in [3.63, 3.8) is 0 Å². The number of carbonyl (C=O) groups excluding carboxylic acids is 1. The lowest BCUT2D eigenvalue weighted by Gasteiger charge is -2.14. The van der Waals surface area contributed by atoms with Crippen molar-refractivity contribution in [2.24, 2.45) is 0 Å². The van der Waals surface area contributed by atoms with E-state index in [-0.39, 0.29) is 18.0 Å². The molecule has 2 rings (SSSR count). The van der Waals surface area contributed by atoms with Crippen molar-refractivity contribution < 1.29 is 14.5 Å². The van der Waals surface area contributed by atoms with E-state index in [0.717, 1.165) is 11.3 Å². The van der Waals surface area contributed by atoms with Crippen LogP contribution < -0.4 is 10.6 Å². The van der Waals surface area contributed by atoms with Crippen LogP contribution in [0.4, 0.5) is 0 Å². The summed E-state index contributed by atoms with van der Waals surface area (Å²) in [7, 11) is 0. The van der Waals surface area contributed by atoms with E-state index in [4.69, 9.17) is 4.42 Å². The first-order valence-electron chi connectivity index (χ1n) is 6.88. The molecule has 0 spiro atoms. The molecule has 1 amide bonds. The number of rotatable bonds is 6. The number of hydrogen-bond donors (Lipinski definition) is 2. The van der Waals surface area contributed by atoms with Gasteiger partial charge in [0.2, 0.25) is 0 Å². The zero-order chi connectivity index (χ0) is 14.4. The van der Waals surface area contributed by atoms with Crippen molar-refractivity contribution in [1.82, 2.24) is 5.32 Å². The second-order valence-corrected chi connectivity index (χ2v) is 4.94. The minimum absolute atomic E-state index is 0.0241. The van der Waals surface area contributed by atoms with Gasteiger partial charge in [0, 0.05) is 0 Å². The fourth-order valence-electron chi connectivity index (χ4n) is 2.08. The highest BCUT2D eigenvalue weighted by molar-refractivity contribution is 5.77. The van der Waals surface area contributed by atoms with E-state index in [9.17, 15) is 4.79 Å². The number of nitrogens with one attached hydrogen (secondary N) is 1. The van der Waals surface area contributed by atoms with E-state index in [2.05, 4.69) is 5.32 Å². The van der Waals surface area contributed by atoms with Crippen LogP contribution in [0, 0.1) is 0 Å². The topological polar surface area (TPSA) is 58.9 Å². The lowest BCUT2D eigenvalue weighted by atomic mass is 10.1. The molecule has 20 heavy (non-hydrogen) atoms. The van der Waals surface area contributed by atoms with E-state index >= 15 is 0 Å². The SMILES string of the molecule is C[C@H](NC(=O)C[NH2+][C@@H](C)c1ccco1)c1ccccc1. The molecule has 0 unspecified atom stereocenters. The lowest BCUT2D eigenvalue weighted by Crippen LogP contribution is -2.87. The van der Waals surface area contributed by atoms with Crippen LogP contribution in [0.5, 0.6) is 0 Å². The zero-order valence-electron chi connectivity index (χ0n) is 11.9. The third-order valence-electron chi connectivity index (χ3n) is 3.33. The van der Waals surface area contributed by atoms with Crippen LogP contribution in [0.25, 0.3) is 0 Å². The molecule has 0 aliphatic rings. The number of hydrogen-bond acceptors (Lipinski definition) is 2. The average Bonchev–Trinajstić information content (AvgIpc) is 3.00. The minimum atomic E-state index is 0.0241. The second-order valence-electron chi connectivity index (χ2n) is 4.94. The van der Waals surface area contributed by atoms with Crippen molar-refractivity contribution in [3.8, 4) is 0 Å². The first kappa shape index (κ1) is 14.3. The zero-order valence-corrected chi connectivity index (χ0v) is 11.9. The van der Waals surface area contributed by atoms with Crippen molar-refractivity contribution in [3.05, 3.63) is 60.1 Å². The number of quaternary nitrogens is 1. The molecule has 0 saturated heterocycles. The molecule has 0 fully saturated rings. The van der Waals surface area contributed by atoms with Gasteiger partial charge in [0.25, 0.3) is 5.91 Å². The molecule has 0 saturated carbocycles. The maximum absolute atomic E-state index is 11.9. The molecule has 0 bridgehead atoms. The normalized spacial score (nSPS) is 13.7. The first-order valence-corrected chi connectivity index (χ1v) is 6.88. The fourth-order valence-corrected chi connectivity index (χ4v) is 2.08. The highest BCUT2D eigenvalue weighted by atomic mass is 16.3. The van der Waals surface area contributed by atoms with Gasteiger partial charge in [-0.25, -0.2) is 0 Å². The van der Waals surface area contributed by atoms with Crippen LogP contribution in [-0.2, 0) is 4.79 Å². The molecular weight excluding hydrogens is 252 g/mol. The molecule has 106 valence electrons. The highest BCUT2D eigenvalue weighted by Gasteiger charge is 2.15. The van der Waals surface area contributed by atoms with Crippen LogP contribution in [-0.4, -0.2) is 12.5 Å². The van der Waals surface area contributed by atoms with Crippen LogP contribution in [0.3, 0.4) is 0 Å². The monoisotopic (exact) mass is 273 g/mol. The van der Waals surface area contributed by atoms with E-state index in [1.165, 1.54) is 0 Å². The molecule has 1 aromatic carbocycles. The summed E-state index contributed by atoms with van der Waals surface area (Å²) in [6.07, 6.45) is 1.65. The van der Waals surface area contributed by atoms with Gasteiger partial charge in [-0.05, 0) is 31.5 Å². The maximum Gasteiger partial charge on any atom is 0.275 e. The maximum atomic E-state index is 11.9. The Kier molecular flexibility index (Phi) is 4.96. The molecule has 4 nitrogen and oxygen atoms in total. The highest BCUT2D eigenvalue weighted by Crippen LogP contribution is 2.10. The van der Waals surface area contributed by atoms with Gasteiger partial charge in [-0.15, -0.1) is 0 Å². The second kappa shape index (κ2) is 6.91. The average molecular weight is 273 g/mol. The van der Waals surface area contributed by atoms with Gasteiger partial charge in [-0.3, -0.25) is 4.79 Å². The Balaban J connectivity index is 1.78. The first-order chi connectivity index (χ1) is 9.66. The van der Waals surface area contributed by atoms with Gasteiger partial charge in [-0.2, -0.15) is 0 Å². The summed E-state index contributed by atoms with van der Waals surface area (Å²) in [5.41, 5.74) is 1.11. The Morgan fingerprint density at radius 3 is 2.60 bits per heavy atom. The molecule has 3 N–H and O–H groups in total. The summed E-state index contributed by atoms with van der Waals surface area (Å²) in [6, 6.07) is 13.9. The lowest BCUT2D eigenvalue weighted by molar-refractivity contribution is -0.684. The molecule has 1 heterocycles. The molecule has 1 aromatic heterocycles.